The van der Waals surface area contributed by atoms with Gasteiger partial charge in [-0.1, -0.05) is 91.0 Å². The average molecular weight is 521 g/mol. The highest BCUT2D eigenvalue weighted by atomic mass is 16.4. The van der Waals surface area contributed by atoms with E-state index in [1.165, 1.54) is 6.20 Å². The summed E-state index contributed by atoms with van der Waals surface area (Å²) in [4.78, 5) is 24.0. The van der Waals surface area contributed by atoms with E-state index in [0.717, 1.165) is 22.8 Å². The first kappa shape index (κ1) is 26.7. The minimum atomic E-state index is -1.20. The molecule has 0 aliphatic carbocycles. The second-order valence-corrected chi connectivity index (χ2v) is 8.74. The predicted molar refractivity (Wildman–Crippen MR) is 149 cm³/mol. The molecule has 0 unspecified atom stereocenters. The van der Waals surface area contributed by atoms with Gasteiger partial charge >= 0.3 is 6.09 Å². The van der Waals surface area contributed by atoms with Crippen LogP contribution >= 0.6 is 0 Å². The summed E-state index contributed by atoms with van der Waals surface area (Å²) in [5.74, 6) is 0.0180. The number of nitrogens with one attached hydrogen (secondary N) is 3. The van der Waals surface area contributed by atoms with E-state index in [4.69, 9.17) is 5.11 Å². The molecule has 4 N–H and O–H groups in total. The third-order valence-corrected chi connectivity index (χ3v) is 6.31. The maximum Gasteiger partial charge on any atom is 0.404 e. The number of hydrogen-bond acceptors (Lipinski definition) is 5. The molecule has 2 amide bonds. The molecule has 0 fully saturated rings. The van der Waals surface area contributed by atoms with Crippen molar-refractivity contribution in [3.63, 3.8) is 0 Å². The SMILES string of the molecule is Cn1ncc(NC(=O)C(=CC#N)CCNC(=O)O)c1NC(c1ccccc1)(c1ccccc1)c1ccccc1. The van der Waals surface area contributed by atoms with Crippen molar-refractivity contribution in [3.8, 4) is 6.07 Å². The number of rotatable bonds is 10. The van der Waals surface area contributed by atoms with Gasteiger partial charge in [-0.3, -0.25) is 9.48 Å². The van der Waals surface area contributed by atoms with Gasteiger partial charge in [0.1, 0.15) is 17.0 Å². The lowest BCUT2D eigenvalue weighted by Gasteiger charge is -2.38. The molecular weight excluding hydrogens is 492 g/mol. The van der Waals surface area contributed by atoms with E-state index in [0.29, 0.717) is 11.5 Å². The maximum atomic E-state index is 13.1. The van der Waals surface area contributed by atoms with Gasteiger partial charge in [-0.2, -0.15) is 10.4 Å². The molecule has 1 heterocycles. The van der Waals surface area contributed by atoms with Crippen LogP contribution in [0.15, 0.2) is 109 Å². The Hall–Kier alpha value is -5.36. The van der Waals surface area contributed by atoms with Crippen molar-refractivity contribution >= 4 is 23.5 Å². The number of amides is 2. The highest BCUT2D eigenvalue weighted by Gasteiger charge is 2.38. The zero-order chi connectivity index (χ0) is 27.7. The number of nitrogens with zero attached hydrogens (tertiary/aromatic N) is 3. The molecule has 3 aromatic carbocycles. The zero-order valence-corrected chi connectivity index (χ0v) is 21.3. The van der Waals surface area contributed by atoms with E-state index in [9.17, 15) is 14.9 Å². The Morgan fingerprint density at radius 3 is 1.92 bits per heavy atom. The fourth-order valence-corrected chi connectivity index (χ4v) is 4.47. The van der Waals surface area contributed by atoms with Crippen LogP contribution in [0.4, 0.5) is 16.3 Å². The van der Waals surface area contributed by atoms with Crippen LogP contribution in [0.2, 0.25) is 0 Å². The van der Waals surface area contributed by atoms with Crippen molar-refractivity contribution in [2.75, 3.05) is 17.2 Å². The molecule has 4 aromatic rings. The summed E-state index contributed by atoms with van der Waals surface area (Å²) < 4.78 is 1.64. The largest absolute Gasteiger partial charge is 0.465 e. The fraction of sp³-hybridized carbons (Fsp3) is 0.133. The Bertz CT molecular complexity index is 1400. The maximum absolute atomic E-state index is 13.1. The summed E-state index contributed by atoms with van der Waals surface area (Å²) in [6.07, 6.45) is 1.50. The predicted octanol–water partition coefficient (Wildman–Crippen LogP) is 4.87. The Kier molecular flexibility index (Phi) is 8.39. The molecular formula is C30H28N6O3. The lowest BCUT2D eigenvalue weighted by Crippen LogP contribution is -2.39. The van der Waals surface area contributed by atoms with Gasteiger partial charge in [-0.05, 0) is 23.1 Å². The lowest BCUT2D eigenvalue weighted by atomic mass is 9.77. The molecule has 1 aromatic heterocycles. The minimum Gasteiger partial charge on any atom is -0.465 e. The lowest BCUT2D eigenvalue weighted by molar-refractivity contribution is -0.113. The molecule has 4 rings (SSSR count). The summed E-state index contributed by atoms with van der Waals surface area (Å²) in [5, 5.41) is 31.2. The van der Waals surface area contributed by atoms with Gasteiger partial charge in [0.2, 0.25) is 0 Å². The minimum absolute atomic E-state index is 0.00640. The number of hydrogen-bond donors (Lipinski definition) is 4. The van der Waals surface area contributed by atoms with E-state index in [1.54, 1.807) is 11.7 Å². The van der Waals surface area contributed by atoms with Gasteiger partial charge in [0, 0.05) is 25.2 Å². The standard InChI is InChI=1S/C30H28N6O3/c1-36-27(26(21-33-36)34-28(37)22(17-19-31)18-20-32-29(38)39)35-30(23-11-5-2-6-12-23,24-13-7-3-8-14-24)25-15-9-4-10-16-25/h2-17,21,32,35H,18,20H2,1H3,(H,34,37)(H,38,39). The van der Waals surface area contributed by atoms with Gasteiger partial charge in [0.15, 0.2) is 0 Å². The molecule has 196 valence electrons. The van der Waals surface area contributed by atoms with Crippen LogP contribution < -0.4 is 16.0 Å². The van der Waals surface area contributed by atoms with Gasteiger partial charge in [0.25, 0.3) is 5.91 Å². The van der Waals surface area contributed by atoms with Gasteiger partial charge in [-0.25, -0.2) is 4.79 Å². The molecule has 9 heteroatoms. The molecule has 0 saturated carbocycles. The van der Waals surface area contributed by atoms with Crippen LogP contribution in [-0.4, -0.2) is 33.4 Å². The first-order chi connectivity index (χ1) is 19.0. The molecule has 0 bridgehead atoms. The van der Waals surface area contributed by atoms with Crippen LogP contribution in [0.1, 0.15) is 23.1 Å². The van der Waals surface area contributed by atoms with Crippen molar-refractivity contribution < 1.29 is 14.7 Å². The summed E-state index contributed by atoms with van der Waals surface area (Å²) >= 11 is 0. The number of nitriles is 1. The van der Waals surface area contributed by atoms with Crippen molar-refractivity contribution in [2.45, 2.75) is 12.0 Å². The highest BCUT2D eigenvalue weighted by Crippen LogP contribution is 2.41. The van der Waals surface area contributed by atoms with Crippen LogP contribution in [-0.2, 0) is 17.4 Å². The smallest absolute Gasteiger partial charge is 0.404 e. The number of allylic oxidation sites excluding steroid dienone is 1. The van der Waals surface area contributed by atoms with Crippen molar-refractivity contribution in [1.82, 2.24) is 15.1 Å². The van der Waals surface area contributed by atoms with Gasteiger partial charge in [-0.15, -0.1) is 0 Å². The molecule has 0 radical (unpaired) electrons. The fourth-order valence-electron chi connectivity index (χ4n) is 4.47. The van der Waals surface area contributed by atoms with E-state index in [-0.39, 0.29) is 18.5 Å². The van der Waals surface area contributed by atoms with Crippen LogP contribution in [0.5, 0.6) is 0 Å². The summed E-state index contributed by atoms with van der Waals surface area (Å²) in [6.45, 7) is -0.00640. The quantitative estimate of drug-likeness (QED) is 0.134. The Labute approximate surface area is 226 Å². The zero-order valence-electron chi connectivity index (χ0n) is 21.3. The Morgan fingerprint density at radius 2 is 1.46 bits per heavy atom. The molecule has 39 heavy (non-hydrogen) atoms. The summed E-state index contributed by atoms with van der Waals surface area (Å²) in [6, 6.07) is 31.9. The average Bonchev–Trinajstić information content (AvgIpc) is 3.30. The molecule has 0 aliphatic rings. The number of anilines is 2. The first-order valence-electron chi connectivity index (χ1n) is 12.3. The Morgan fingerprint density at radius 1 is 0.949 bits per heavy atom. The number of carbonyl (C=O) groups is 2. The molecule has 0 aliphatic heterocycles. The Balaban J connectivity index is 1.78. The molecule has 0 spiro atoms. The second-order valence-electron chi connectivity index (χ2n) is 8.74. The number of aryl methyl sites for hydroxylation is 1. The molecule has 0 atom stereocenters. The van der Waals surface area contributed by atoms with Crippen molar-refractivity contribution in [3.05, 3.63) is 126 Å². The third kappa shape index (κ3) is 5.97. The van der Waals surface area contributed by atoms with Gasteiger partial charge in [0.05, 0.1) is 12.3 Å². The topological polar surface area (TPSA) is 132 Å². The second kappa shape index (κ2) is 12.3. The van der Waals surface area contributed by atoms with Crippen LogP contribution in [0.3, 0.4) is 0 Å². The van der Waals surface area contributed by atoms with E-state index >= 15 is 0 Å². The summed E-state index contributed by atoms with van der Waals surface area (Å²) in [5.41, 5.74) is 2.63. The highest BCUT2D eigenvalue weighted by molar-refractivity contribution is 6.05. The first-order valence-corrected chi connectivity index (χ1v) is 12.3. The molecule has 0 saturated heterocycles. The normalized spacial score (nSPS) is 11.3. The van der Waals surface area contributed by atoms with Crippen molar-refractivity contribution in [2.24, 2.45) is 7.05 Å². The van der Waals surface area contributed by atoms with Crippen LogP contribution in [0.25, 0.3) is 0 Å². The monoisotopic (exact) mass is 520 g/mol. The summed E-state index contributed by atoms with van der Waals surface area (Å²) in [7, 11) is 1.77. The number of carbonyl (C=O) groups excluding carboxylic acids is 1. The van der Waals surface area contributed by atoms with E-state index in [2.05, 4.69) is 21.0 Å². The van der Waals surface area contributed by atoms with E-state index < -0.39 is 17.5 Å². The van der Waals surface area contributed by atoms with Crippen molar-refractivity contribution in [1.29, 1.82) is 5.26 Å². The van der Waals surface area contributed by atoms with Crippen LogP contribution in [0, 0.1) is 11.3 Å². The number of carboxylic acid groups (broad SMARTS) is 1. The number of benzene rings is 3. The van der Waals surface area contributed by atoms with Gasteiger partial charge < -0.3 is 21.1 Å². The van der Waals surface area contributed by atoms with E-state index in [1.807, 2.05) is 97.1 Å². The number of aromatic nitrogens is 2. The molecule has 9 nitrogen and oxygen atoms in total. The third-order valence-electron chi connectivity index (χ3n) is 6.31.